The quantitative estimate of drug-likeness (QED) is 0.0412. The Balaban J connectivity index is 0.884. The number of hydrogen-bond acceptors (Lipinski definition) is 20. The van der Waals surface area contributed by atoms with Crippen molar-refractivity contribution in [2.75, 3.05) is 33.4 Å². The average molecular weight is 1480 g/mol. The molecule has 0 saturated heterocycles. The Labute approximate surface area is 633 Å². The molecule has 0 bridgehead atoms. The third-order valence-corrected chi connectivity index (χ3v) is 30.7. The molecule has 0 aromatic heterocycles. The summed E-state index contributed by atoms with van der Waals surface area (Å²) in [5.74, 6) is -2.85. The van der Waals surface area contributed by atoms with Crippen molar-refractivity contribution < 1.29 is 85.8 Å². The van der Waals surface area contributed by atoms with E-state index < -0.39 is 46.7 Å². The first kappa shape index (κ1) is 84.4. The molecule has 106 heavy (non-hydrogen) atoms. The number of esters is 9. The van der Waals surface area contributed by atoms with Crippen LogP contribution < -0.4 is 10.6 Å². The fourth-order valence-electron chi connectivity index (χ4n) is 26.1. The molecule has 2 N–H and O–H groups in total. The van der Waals surface area contributed by atoms with Crippen molar-refractivity contribution in [1.82, 2.24) is 10.6 Å². The minimum absolute atomic E-state index is 0.0718. The number of rotatable bonds is 30. The van der Waals surface area contributed by atoms with Crippen LogP contribution in [-0.4, -0.2) is 135 Å². The second-order valence-corrected chi connectivity index (χ2v) is 36.9. The summed E-state index contributed by atoms with van der Waals surface area (Å²) in [6, 6.07) is 6.97. The maximum Gasteiger partial charge on any atom is 0.323 e. The highest BCUT2D eigenvalue weighted by atomic mass is 16.6. The molecule has 11 unspecified atom stereocenters. The van der Waals surface area contributed by atoms with Gasteiger partial charge in [-0.25, -0.2) is 0 Å². The van der Waals surface area contributed by atoms with Crippen LogP contribution in [0.4, 0.5) is 0 Å². The zero-order chi connectivity index (χ0) is 78.1. The van der Waals surface area contributed by atoms with Gasteiger partial charge in [0.25, 0.3) is 0 Å². The van der Waals surface area contributed by atoms with Gasteiger partial charge in [-0.05, 0) is 243 Å². The van der Waals surface area contributed by atoms with Gasteiger partial charge < -0.3 is 53.3 Å². The molecule has 9 rings (SSSR count). The van der Waals surface area contributed by atoms with Crippen LogP contribution >= 0.6 is 0 Å². The smallest absolute Gasteiger partial charge is 0.323 e. The molecule has 20 nitrogen and oxygen atoms in total. The molecule has 0 aliphatic heterocycles. The monoisotopic (exact) mass is 1480 g/mol. The zero-order valence-corrected chi connectivity index (χ0v) is 68.3. The molecule has 20 heteroatoms. The first-order valence-corrected chi connectivity index (χ1v) is 40.6. The van der Waals surface area contributed by atoms with Crippen molar-refractivity contribution in [1.29, 1.82) is 0 Å². The number of benzene rings is 1. The number of unbranched alkanes of at least 4 members (excludes halogenated alkanes) is 2. The molecule has 596 valence electrons. The Bertz CT molecular complexity index is 3360. The van der Waals surface area contributed by atoms with Crippen LogP contribution in [0.1, 0.15) is 278 Å². The summed E-state index contributed by atoms with van der Waals surface area (Å²) in [6.07, 6.45) is 15.2. The number of carbonyl (C=O) groups excluding carboxylic acids is 9. The number of carbonyl (C=O) groups is 9. The lowest BCUT2D eigenvalue weighted by Crippen LogP contribution is -2.67. The molecule has 0 heterocycles. The topological polar surface area (TPSA) is 261 Å². The van der Waals surface area contributed by atoms with E-state index in [0.717, 1.165) is 94.6 Å². The lowest BCUT2D eigenvalue weighted by molar-refractivity contribution is -0.255. The van der Waals surface area contributed by atoms with Gasteiger partial charge >= 0.3 is 53.7 Å². The van der Waals surface area contributed by atoms with Crippen LogP contribution in [0.5, 0.6) is 0 Å². The molecular formula is C86H134N2O18. The van der Waals surface area contributed by atoms with Crippen LogP contribution in [0.3, 0.4) is 0 Å². The molecule has 8 aliphatic rings. The third-order valence-electron chi connectivity index (χ3n) is 30.7. The first-order chi connectivity index (χ1) is 49.6. The minimum Gasteiger partial charge on any atom is -0.468 e. The van der Waals surface area contributed by atoms with Crippen molar-refractivity contribution in [3.8, 4) is 0 Å². The Morgan fingerprint density at radius 2 is 0.915 bits per heavy atom. The maximum absolute atomic E-state index is 13.8. The second-order valence-electron chi connectivity index (χ2n) is 36.9. The van der Waals surface area contributed by atoms with E-state index in [-0.39, 0.29) is 159 Å². The Morgan fingerprint density at radius 1 is 0.472 bits per heavy atom. The summed E-state index contributed by atoms with van der Waals surface area (Å²) < 4.78 is 54.4. The lowest BCUT2D eigenvalue weighted by Gasteiger charge is -2.71. The summed E-state index contributed by atoms with van der Waals surface area (Å²) >= 11 is 0. The fraction of sp³-hybridized carbons (Fsp3) is 0.826. The van der Waals surface area contributed by atoms with Crippen molar-refractivity contribution in [3.63, 3.8) is 0 Å². The van der Waals surface area contributed by atoms with Gasteiger partial charge in [-0.3, -0.25) is 43.2 Å². The number of nitrogens with one attached hydrogen (secondary N) is 2. The minimum atomic E-state index is -0.906. The van der Waals surface area contributed by atoms with Crippen molar-refractivity contribution in [2.45, 2.75) is 327 Å². The highest BCUT2D eigenvalue weighted by Gasteiger charge is 2.75. The largest absolute Gasteiger partial charge is 0.468 e. The molecule has 8 aliphatic carbocycles. The summed E-state index contributed by atoms with van der Waals surface area (Å²) in [6.45, 7) is 39.4. The molecule has 0 amide bonds. The summed E-state index contributed by atoms with van der Waals surface area (Å²) in [7, 11) is 1.41. The number of hydrogen-bond donors (Lipinski definition) is 2. The van der Waals surface area contributed by atoms with Crippen LogP contribution in [0.25, 0.3) is 0 Å². The Hall–Kier alpha value is -5.63. The van der Waals surface area contributed by atoms with E-state index in [0.29, 0.717) is 76.8 Å². The van der Waals surface area contributed by atoms with Crippen LogP contribution in [0.2, 0.25) is 0 Å². The molecule has 1 aromatic rings. The summed E-state index contributed by atoms with van der Waals surface area (Å²) in [5, 5.41) is 6.75. The van der Waals surface area contributed by atoms with Gasteiger partial charge in [-0.1, -0.05) is 93.0 Å². The SMILES string of the molecule is CCOC(=O)CC(NCCCCCC(C)(OC(C)=O)C1CC[C@]2(C)[C@@H]1C(OC(C)=O)CC1[C@@]3(C)CC[C@H](OC(C)=O)[C@@](C)(Cc4ccc(C[C@H](NCCCC(C)(OC(C)=O)C5CC[C@]6(C)[C@@H]5C(OC(C)=O)CC5[C@@]7(C)CC[C@H](OC(C)=O)C(C)(C)C7CC[C@]56C)C(=O)OC)cc4)C3CC[C@]12C)C(=O)OCC. The van der Waals surface area contributed by atoms with E-state index in [9.17, 15) is 43.2 Å². The van der Waals surface area contributed by atoms with Crippen LogP contribution in [0, 0.1) is 90.7 Å². The average Bonchev–Trinajstić information content (AvgIpc) is 1.28. The molecule has 8 saturated carbocycles. The van der Waals surface area contributed by atoms with Gasteiger partial charge in [0.1, 0.15) is 47.7 Å². The first-order valence-electron chi connectivity index (χ1n) is 40.6. The predicted molar refractivity (Wildman–Crippen MR) is 401 cm³/mol. The van der Waals surface area contributed by atoms with E-state index >= 15 is 0 Å². The van der Waals surface area contributed by atoms with Gasteiger partial charge in [0.05, 0.1) is 26.7 Å². The van der Waals surface area contributed by atoms with Gasteiger partial charge in [0.15, 0.2) is 0 Å². The zero-order valence-electron chi connectivity index (χ0n) is 68.3. The molecule has 8 fully saturated rings. The van der Waals surface area contributed by atoms with E-state index in [2.05, 4.69) is 111 Å². The molecule has 23 atom stereocenters. The van der Waals surface area contributed by atoms with Crippen molar-refractivity contribution in [2.24, 2.45) is 90.7 Å². The van der Waals surface area contributed by atoms with E-state index in [4.69, 9.17) is 42.6 Å². The third kappa shape index (κ3) is 16.3. The fourth-order valence-corrected chi connectivity index (χ4v) is 26.1. The van der Waals surface area contributed by atoms with Gasteiger partial charge in [-0.2, -0.15) is 0 Å². The van der Waals surface area contributed by atoms with Gasteiger partial charge in [0.2, 0.25) is 0 Å². The number of fused-ring (bicyclic) bond motifs is 10. The van der Waals surface area contributed by atoms with Gasteiger partial charge in [-0.15, -0.1) is 0 Å². The van der Waals surface area contributed by atoms with E-state index in [1.807, 2.05) is 0 Å². The van der Waals surface area contributed by atoms with Crippen LogP contribution in [-0.2, 0) is 98.6 Å². The second kappa shape index (κ2) is 32.7. The van der Waals surface area contributed by atoms with E-state index in [1.165, 1.54) is 48.7 Å². The maximum atomic E-state index is 13.8. The normalized spacial score (nSPS) is 37.1. The summed E-state index contributed by atoms with van der Waals surface area (Å²) in [4.78, 5) is 118. The standard InChI is InChI=1S/C86H134N2O18/c1-21-99-72(95)48-63(76(97)100-22-2)87-45-25-23-24-37-85(18,105-56(7)93)60-31-41-84(17)73(60)65(102-53(4)90)50-69-79(12)40-36-71(104-55(6)92)80(13,67(79)34-44-82(69,84)15)51-59-29-27-58(28-30-59)47-62(75(96)98-20)88-46-26-38-86(19,106-57(8)94)61-32-42-83(16)74(61)64(101-52(3)89)49-68-78(11)39-35-70(103-54(5)91)77(9,10)66(78)33-43-81(68,83)14/h27-30,60-71,73-74,87-88H,21-26,31-51H2,1-20H3/t60?,61?,62-,63?,64?,65?,66?,67?,68?,69?,70-,71-,73-,74-,78-,79-,80-,81+,82+,83+,84+,85?,86?/m0/s1. The van der Waals surface area contributed by atoms with Gasteiger partial charge in [0, 0.05) is 76.0 Å². The van der Waals surface area contributed by atoms with Crippen LogP contribution in [0.15, 0.2) is 24.3 Å². The molecule has 1 aromatic carbocycles. The van der Waals surface area contributed by atoms with E-state index in [1.54, 1.807) is 13.8 Å². The summed E-state index contributed by atoms with van der Waals surface area (Å²) in [5.41, 5.74) is -1.65. The molecular weight excluding hydrogens is 1350 g/mol. The predicted octanol–water partition coefficient (Wildman–Crippen LogP) is 14.7. The Kier molecular flexibility index (Phi) is 26.1. The lowest BCUT2D eigenvalue weighted by atomic mass is 9.34. The highest BCUT2D eigenvalue weighted by molar-refractivity contribution is 5.82. The number of ether oxygens (including phenoxy) is 9. The van der Waals surface area contributed by atoms with Crippen molar-refractivity contribution in [3.05, 3.63) is 35.4 Å². The molecule has 0 spiro atoms. The van der Waals surface area contributed by atoms with Crippen molar-refractivity contribution >= 4 is 53.7 Å². The molecule has 0 radical (unpaired) electrons. The highest BCUT2D eigenvalue weighted by Crippen LogP contribution is 2.79. The number of methoxy groups -OCH3 is 1. The Morgan fingerprint density at radius 3 is 1.41 bits per heavy atom.